The number of nitrogens with zero attached hydrogens (tertiary/aromatic N) is 2. The van der Waals surface area contributed by atoms with E-state index in [2.05, 4.69) is 57.9 Å². The van der Waals surface area contributed by atoms with Crippen molar-refractivity contribution >= 4 is 5.96 Å². The summed E-state index contributed by atoms with van der Waals surface area (Å²) in [6.45, 7) is 3.17. The molecule has 1 heterocycles. The van der Waals surface area contributed by atoms with Crippen molar-refractivity contribution in [3.63, 3.8) is 0 Å². The molecule has 22 heavy (non-hydrogen) atoms. The highest BCUT2D eigenvalue weighted by atomic mass is 15.2. The fourth-order valence-electron chi connectivity index (χ4n) is 3.44. The topological polar surface area (TPSA) is 39.7 Å². The number of guanidine groups is 1. The molecule has 4 heteroatoms. The molecule has 1 aliphatic heterocycles. The second-order valence-corrected chi connectivity index (χ2v) is 6.73. The molecule has 1 aromatic rings. The Labute approximate surface area is 134 Å². The Kier molecular flexibility index (Phi) is 4.67. The zero-order chi connectivity index (χ0) is 15.4. The van der Waals surface area contributed by atoms with Crippen LogP contribution in [-0.4, -0.2) is 50.6 Å². The third kappa shape index (κ3) is 3.43. The molecule has 1 aromatic carbocycles. The molecule has 120 valence electrons. The molecular formula is C18H28N4. The van der Waals surface area contributed by atoms with Crippen LogP contribution in [0.3, 0.4) is 0 Å². The molecule has 1 aliphatic carbocycles. The lowest BCUT2D eigenvalue weighted by Crippen LogP contribution is -2.45. The molecule has 0 bridgehead atoms. The summed E-state index contributed by atoms with van der Waals surface area (Å²) in [6.07, 6.45) is 5.14. The summed E-state index contributed by atoms with van der Waals surface area (Å²) in [6, 6.07) is 11.5. The van der Waals surface area contributed by atoms with E-state index in [0.29, 0.717) is 11.5 Å². The molecule has 4 nitrogen and oxygen atoms in total. The van der Waals surface area contributed by atoms with Gasteiger partial charge in [0.2, 0.25) is 0 Å². The van der Waals surface area contributed by atoms with E-state index in [-0.39, 0.29) is 0 Å². The SMILES string of the molecule is CN=C(NCC1CCCN1C)NCC1(c2ccccc2)CC1. The summed E-state index contributed by atoms with van der Waals surface area (Å²) in [5.74, 6) is 0.933. The molecule has 0 radical (unpaired) electrons. The molecule has 1 unspecified atom stereocenters. The highest BCUT2D eigenvalue weighted by Crippen LogP contribution is 2.47. The van der Waals surface area contributed by atoms with Crippen molar-refractivity contribution in [1.82, 2.24) is 15.5 Å². The lowest BCUT2D eigenvalue weighted by atomic mass is 9.96. The Morgan fingerprint density at radius 1 is 1.27 bits per heavy atom. The van der Waals surface area contributed by atoms with E-state index < -0.39 is 0 Å². The van der Waals surface area contributed by atoms with Gasteiger partial charge < -0.3 is 15.5 Å². The summed E-state index contributed by atoms with van der Waals surface area (Å²) in [5, 5.41) is 7.02. The van der Waals surface area contributed by atoms with Crippen molar-refractivity contribution in [2.75, 3.05) is 33.7 Å². The Hall–Kier alpha value is -1.55. The van der Waals surface area contributed by atoms with Gasteiger partial charge in [-0.15, -0.1) is 0 Å². The third-order valence-electron chi connectivity index (χ3n) is 5.23. The van der Waals surface area contributed by atoms with Crippen LogP contribution in [0.4, 0.5) is 0 Å². The van der Waals surface area contributed by atoms with Gasteiger partial charge in [-0.25, -0.2) is 0 Å². The van der Waals surface area contributed by atoms with Crippen molar-refractivity contribution < 1.29 is 0 Å². The normalized spacial score (nSPS) is 24.3. The van der Waals surface area contributed by atoms with Crippen molar-refractivity contribution in [3.05, 3.63) is 35.9 Å². The number of rotatable bonds is 5. The van der Waals surface area contributed by atoms with E-state index in [9.17, 15) is 0 Å². The van der Waals surface area contributed by atoms with Crippen LogP contribution in [-0.2, 0) is 5.41 Å². The van der Waals surface area contributed by atoms with Gasteiger partial charge in [0, 0.05) is 31.6 Å². The van der Waals surface area contributed by atoms with Crippen LogP contribution >= 0.6 is 0 Å². The van der Waals surface area contributed by atoms with Crippen molar-refractivity contribution in [2.45, 2.75) is 37.1 Å². The molecule has 1 saturated carbocycles. The first-order chi connectivity index (χ1) is 10.7. The molecule has 3 rings (SSSR count). The number of likely N-dealkylation sites (tertiary alicyclic amines) is 1. The van der Waals surface area contributed by atoms with Crippen LogP contribution in [0, 0.1) is 0 Å². The zero-order valence-corrected chi connectivity index (χ0v) is 13.8. The monoisotopic (exact) mass is 300 g/mol. The van der Waals surface area contributed by atoms with Gasteiger partial charge in [0.15, 0.2) is 5.96 Å². The standard InChI is InChI=1S/C18H28N4/c1-19-17(20-13-16-9-6-12-22(16)2)21-14-18(10-11-18)15-7-4-3-5-8-15/h3-5,7-8,16H,6,9-14H2,1-2H3,(H2,19,20,21). The van der Waals surface area contributed by atoms with Crippen molar-refractivity contribution in [3.8, 4) is 0 Å². The average molecular weight is 300 g/mol. The molecule has 0 amide bonds. The van der Waals surface area contributed by atoms with Crippen LogP contribution in [0.5, 0.6) is 0 Å². The summed E-state index contributed by atoms with van der Waals surface area (Å²) in [7, 11) is 4.07. The Balaban J connectivity index is 1.49. The van der Waals surface area contributed by atoms with Crippen LogP contribution in [0.1, 0.15) is 31.2 Å². The minimum absolute atomic E-state index is 0.322. The number of aliphatic imine (C=N–C) groups is 1. The second-order valence-electron chi connectivity index (χ2n) is 6.73. The number of hydrogen-bond acceptors (Lipinski definition) is 2. The Morgan fingerprint density at radius 2 is 2.05 bits per heavy atom. The first-order valence-corrected chi connectivity index (χ1v) is 8.44. The predicted molar refractivity (Wildman–Crippen MR) is 92.4 cm³/mol. The molecule has 0 spiro atoms. The van der Waals surface area contributed by atoms with Crippen molar-refractivity contribution in [2.24, 2.45) is 4.99 Å². The fourth-order valence-corrected chi connectivity index (χ4v) is 3.44. The van der Waals surface area contributed by atoms with Crippen LogP contribution in [0.25, 0.3) is 0 Å². The largest absolute Gasteiger partial charge is 0.356 e. The first-order valence-electron chi connectivity index (χ1n) is 8.44. The molecule has 1 atom stereocenters. The van der Waals surface area contributed by atoms with Crippen molar-refractivity contribution in [1.29, 1.82) is 0 Å². The van der Waals surface area contributed by atoms with E-state index in [0.717, 1.165) is 19.0 Å². The third-order valence-corrected chi connectivity index (χ3v) is 5.23. The molecular weight excluding hydrogens is 272 g/mol. The smallest absolute Gasteiger partial charge is 0.191 e. The van der Waals surface area contributed by atoms with Crippen LogP contribution in [0.2, 0.25) is 0 Å². The summed E-state index contributed by atoms with van der Waals surface area (Å²) in [4.78, 5) is 6.81. The number of hydrogen-bond donors (Lipinski definition) is 2. The quantitative estimate of drug-likeness (QED) is 0.645. The molecule has 1 saturated heterocycles. The van der Waals surface area contributed by atoms with E-state index in [1.54, 1.807) is 0 Å². The highest BCUT2D eigenvalue weighted by Gasteiger charge is 2.44. The minimum Gasteiger partial charge on any atom is -0.356 e. The second kappa shape index (κ2) is 6.69. The van der Waals surface area contributed by atoms with E-state index >= 15 is 0 Å². The minimum atomic E-state index is 0.322. The first kappa shape index (κ1) is 15.3. The van der Waals surface area contributed by atoms with Crippen LogP contribution < -0.4 is 10.6 Å². The van der Waals surface area contributed by atoms with Gasteiger partial charge in [0.25, 0.3) is 0 Å². The van der Waals surface area contributed by atoms with Gasteiger partial charge in [-0.05, 0) is 44.8 Å². The van der Waals surface area contributed by atoms with Gasteiger partial charge in [0.05, 0.1) is 0 Å². The number of benzene rings is 1. The summed E-state index contributed by atoms with van der Waals surface area (Å²) < 4.78 is 0. The molecule has 2 fully saturated rings. The average Bonchev–Trinajstić information content (AvgIpc) is 3.25. The summed E-state index contributed by atoms with van der Waals surface area (Å²) in [5.41, 5.74) is 1.77. The van der Waals surface area contributed by atoms with Gasteiger partial charge in [-0.1, -0.05) is 30.3 Å². The van der Waals surface area contributed by atoms with E-state index in [1.165, 1.54) is 37.8 Å². The highest BCUT2D eigenvalue weighted by molar-refractivity contribution is 5.79. The predicted octanol–water partition coefficient (Wildman–Crippen LogP) is 1.98. The van der Waals surface area contributed by atoms with E-state index in [4.69, 9.17) is 0 Å². The van der Waals surface area contributed by atoms with E-state index in [1.807, 2.05) is 7.05 Å². The maximum Gasteiger partial charge on any atom is 0.191 e. The lowest BCUT2D eigenvalue weighted by molar-refractivity contribution is 0.309. The fraction of sp³-hybridized carbons (Fsp3) is 0.611. The summed E-state index contributed by atoms with van der Waals surface area (Å²) >= 11 is 0. The lowest BCUT2D eigenvalue weighted by Gasteiger charge is -2.23. The van der Waals surface area contributed by atoms with Gasteiger partial charge in [0.1, 0.15) is 0 Å². The van der Waals surface area contributed by atoms with Gasteiger partial charge in [-0.3, -0.25) is 4.99 Å². The molecule has 0 aromatic heterocycles. The van der Waals surface area contributed by atoms with Gasteiger partial charge >= 0.3 is 0 Å². The maximum absolute atomic E-state index is 4.37. The Bertz CT molecular complexity index is 507. The Morgan fingerprint density at radius 3 is 2.64 bits per heavy atom. The molecule has 2 N–H and O–H groups in total. The maximum atomic E-state index is 4.37. The van der Waals surface area contributed by atoms with Gasteiger partial charge in [-0.2, -0.15) is 0 Å². The number of likely N-dealkylation sites (N-methyl/N-ethyl adjacent to an activating group) is 1. The zero-order valence-electron chi connectivity index (χ0n) is 13.8. The number of nitrogens with one attached hydrogen (secondary N) is 2. The molecule has 2 aliphatic rings. The van der Waals surface area contributed by atoms with Crippen LogP contribution in [0.15, 0.2) is 35.3 Å².